The lowest BCUT2D eigenvalue weighted by molar-refractivity contribution is 0.341. The molecular formula is C15H11F2NO2S. The Kier molecular flexibility index (Phi) is 5.01. The minimum Gasteiger partial charge on any atom is -0.491 e. The van der Waals surface area contributed by atoms with Gasteiger partial charge in [0.2, 0.25) is 0 Å². The largest absolute Gasteiger partial charge is 0.491 e. The van der Waals surface area contributed by atoms with Crippen LogP contribution < -0.4 is 4.74 Å². The third-order valence-electron chi connectivity index (χ3n) is 2.67. The minimum absolute atomic E-state index is 0.0440. The lowest BCUT2D eigenvalue weighted by Crippen LogP contribution is -2.10. The molecule has 108 valence electrons. The third-order valence-corrected chi connectivity index (χ3v) is 4.03. The lowest BCUT2D eigenvalue weighted by Gasteiger charge is -2.08. The van der Waals surface area contributed by atoms with Crippen LogP contribution in [0.2, 0.25) is 0 Å². The Balaban J connectivity index is 1.97. The molecule has 0 aromatic heterocycles. The number of nitriles is 1. The van der Waals surface area contributed by atoms with E-state index >= 15 is 0 Å². The van der Waals surface area contributed by atoms with E-state index in [1.807, 2.05) is 6.07 Å². The first-order chi connectivity index (χ1) is 10.1. The first-order valence-corrected chi connectivity index (χ1v) is 7.39. The minimum atomic E-state index is -1.64. The van der Waals surface area contributed by atoms with Crippen LogP contribution in [0.15, 0.2) is 47.4 Å². The van der Waals surface area contributed by atoms with Gasteiger partial charge in [-0.1, -0.05) is 12.1 Å². The molecule has 0 aliphatic heterocycles. The van der Waals surface area contributed by atoms with Gasteiger partial charge in [0.05, 0.1) is 27.0 Å². The summed E-state index contributed by atoms with van der Waals surface area (Å²) in [5.74, 6) is -1.13. The summed E-state index contributed by atoms with van der Waals surface area (Å²) in [6.45, 7) is 0.0577. The van der Waals surface area contributed by atoms with Crippen molar-refractivity contribution in [1.82, 2.24) is 0 Å². The maximum atomic E-state index is 13.5. The molecule has 6 heteroatoms. The van der Waals surface area contributed by atoms with E-state index in [0.717, 1.165) is 12.1 Å². The van der Waals surface area contributed by atoms with Crippen LogP contribution in [0.3, 0.4) is 0 Å². The van der Waals surface area contributed by atoms with Gasteiger partial charge in [-0.15, -0.1) is 0 Å². The molecule has 0 saturated carbocycles. The summed E-state index contributed by atoms with van der Waals surface area (Å²) in [7, 11) is -1.64. The predicted octanol–water partition coefficient (Wildman–Crippen LogP) is 3.02. The van der Waals surface area contributed by atoms with Gasteiger partial charge in [-0.05, 0) is 24.3 Å². The number of nitrogens with zero attached hydrogens (tertiary/aromatic N) is 1. The van der Waals surface area contributed by atoms with Gasteiger partial charge in [0.25, 0.3) is 0 Å². The van der Waals surface area contributed by atoms with Crippen molar-refractivity contribution in [3.8, 4) is 11.8 Å². The standard InChI is InChI=1S/C15H11F2NO2S/c16-12-5-6-15(13(17)9-12)21(19)8-7-20-14-4-2-1-3-11(14)10-18/h1-6,9H,7-8H2. The van der Waals surface area contributed by atoms with Gasteiger partial charge >= 0.3 is 0 Å². The third kappa shape index (κ3) is 3.86. The summed E-state index contributed by atoms with van der Waals surface area (Å²) in [4.78, 5) is -0.0615. The zero-order valence-electron chi connectivity index (χ0n) is 10.9. The summed E-state index contributed by atoms with van der Waals surface area (Å²) in [6, 6.07) is 11.5. The van der Waals surface area contributed by atoms with Crippen molar-refractivity contribution >= 4 is 10.8 Å². The van der Waals surface area contributed by atoms with Crippen LogP contribution in [0, 0.1) is 23.0 Å². The van der Waals surface area contributed by atoms with E-state index in [4.69, 9.17) is 10.00 Å². The first kappa shape index (κ1) is 15.1. The molecule has 1 unspecified atom stereocenters. The monoisotopic (exact) mass is 307 g/mol. The maximum absolute atomic E-state index is 13.5. The van der Waals surface area contributed by atoms with Crippen molar-refractivity contribution in [2.75, 3.05) is 12.4 Å². The molecule has 0 radical (unpaired) electrons. The summed E-state index contributed by atoms with van der Waals surface area (Å²) < 4.78 is 43.5. The van der Waals surface area contributed by atoms with Crippen molar-refractivity contribution in [3.05, 3.63) is 59.7 Å². The number of hydrogen-bond acceptors (Lipinski definition) is 3. The number of para-hydroxylation sites is 1. The van der Waals surface area contributed by atoms with Crippen molar-refractivity contribution in [3.63, 3.8) is 0 Å². The molecule has 0 heterocycles. The molecular weight excluding hydrogens is 296 g/mol. The number of halogens is 2. The molecule has 1 atom stereocenters. The van der Waals surface area contributed by atoms with Gasteiger partial charge in [0.15, 0.2) is 0 Å². The van der Waals surface area contributed by atoms with Crippen LogP contribution >= 0.6 is 0 Å². The fourth-order valence-electron chi connectivity index (χ4n) is 1.68. The van der Waals surface area contributed by atoms with E-state index in [0.29, 0.717) is 17.4 Å². The summed E-state index contributed by atoms with van der Waals surface area (Å²) >= 11 is 0. The Hall–Kier alpha value is -2.26. The molecule has 2 rings (SSSR count). The smallest absolute Gasteiger partial charge is 0.142 e. The van der Waals surface area contributed by atoms with E-state index in [2.05, 4.69) is 0 Å². The van der Waals surface area contributed by atoms with E-state index in [1.54, 1.807) is 24.3 Å². The molecule has 0 saturated heterocycles. The fraction of sp³-hybridized carbons (Fsp3) is 0.133. The Labute approximate surface area is 123 Å². The Morgan fingerprint density at radius 1 is 1.19 bits per heavy atom. The van der Waals surface area contributed by atoms with Gasteiger partial charge in [0.1, 0.15) is 30.1 Å². The fourth-order valence-corrected chi connectivity index (χ4v) is 2.63. The molecule has 0 amide bonds. The second-order valence-electron chi connectivity index (χ2n) is 4.08. The van der Waals surface area contributed by atoms with Crippen LogP contribution in [-0.2, 0) is 10.8 Å². The normalized spacial score (nSPS) is 11.7. The lowest BCUT2D eigenvalue weighted by atomic mass is 10.2. The van der Waals surface area contributed by atoms with Crippen molar-refractivity contribution in [1.29, 1.82) is 5.26 Å². The average Bonchev–Trinajstić information content (AvgIpc) is 2.47. The number of benzene rings is 2. The topological polar surface area (TPSA) is 50.1 Å². The summed E-state index contributed by atoms with van der Waals surface area (Å²) in [5, 5.41) is 8.89. The van der Waals surface area contributed by atoms with E-state index in [-0.39, 0.29) is 17.3 Å². The average molecular weight is 307 g/mol. The molecule has 0 aliphatic carbocycles. The molecule has 21 heavy (non-hydrogen) atoms. The van der Waals surface area contributed by atoms with Crippen LogP contribution in [0.25, 0.3) is 0 Å². The van der Waals surface area contributed by atoms with Crippen molar-refractivity contribution < 1.29 is 17.7 Å². The SMILES string of the molecule is N#Cc1ccccc1OCCS(=O)c1ccc(F)cc1F. The van der Waals surface area contributed by atoms with Crippen molar-refractivity contribution in [2.24, 2.45) is 0 Å². The van der Waals surface area contributed by atoms with E-state index in [9.17, 15) is 13.0 Å². The highest BCUT2D eigenvalue weighted by atomic mass is 32.2. The van der Waals surface area contributed by atoms with Gasteiger partial charge < -0.3 is 4.74 Å². The Bertz CT molecular complexity index is 713. The number of rotatable bonds is 5. The van der Waals surface area contributed by atoms with Gasteiger partial charge in [-0.3, -0.25) is 4.21 Å². The zero-order chi connectivity index (χ0) is 15.2. The zero-order valence-corrected chi connectivity index (χ0v) is 11.7. The van der Waals surface area contributed by atoms with Gasteiger partial charge in [-0.2, -0.15) is 5.26 Å². The molecule has 2 aromatic rings. The molecule has 0 aliphatic rings. The van der Waals surface area contributed by atoms with Crippen molar-refractivity contribution in [2.45, 2.75) is 4.90 Å². The summed E-state index contributed by atoms with van der Waals surface area (Å²) in [6.07, 6.45) is 0. The molecule has 2 aromatic carbocycles. The highest BCUT2D eigenvalue weighted by molar-refractivity contribution is 7.85. The molecule has 0 spiro atoms. The number of ether oxygens (including phenoxy) is 1. The molecule has 0 N–H and O–H groups in total. The van der Waals surface area contributed by atoms with Gasteiger partial charge in [-0.25, -0.2) is 8.78 Å². The quantitative estimate of drug-likeness (QED) is 0.853. The highest BCUT2D eigenvalue weighted by Gasteiger charge is 2.11. The first-order valence-electron chi connectivity index (χ1n) is 6.07. The Morgan fingerprint density at radius 2 is 1.95 bits per heavy atom. The predicted molar refractivity (Wildman–Crippen MR) is 74.3 cm³/mol. The maximum Gasteiger partial charge on any atom is 0.142 e. The molecule has 0 bridgehead atoms. The van der Waals surface area contributed by atoms with Crippen LogP contribution in [-0.4, -0.2) is 16.6 Å². The molecule has 0 fully saturated rings. The summed E-state index contributed by atoms with van der Waals surface area (Å²) in [5.41, 5.74) is 0.372. The van der Waals surface area contributed by atoms with Crippen LogP contribution in [0.5, 0.6) is 5.75 Å². The molecule has 3 nitrogen and oxygen atoms in total. The van der Waals surface area contributed by atoms with E-state index < -0.39 is 22.4 Å². The van der Waals surface area contributed by atoms with Crippen LogP contribution in [0.4, 0.5) is 8.78 Å². The second-order valence-corrected chi connectivity index (χ2v) is 5.62. The number of hydrogen-bond donors (Lipinski definition) is 0. The Morgan fingerprint density at radius 3 is 2.67 bits per heavy atom. The van der Waals surface area contributed by atoms with E-state index in [1.165, 1.54) is 0 Å². The van der Waals surface area contributed by atoms with Gasteiger partial charge in [0, 0.05) is 6.07 Å². The highest BCUT2D eigenvalue weighted by Crippen LogP contribution is 2.17. The van der Waals surface area contributed by atoms with Crippen LogP contribution in [0.1, 0.15) is 5.56 Å². The second kappa shape index (κ2) is 6.95.